The number of nitrogens with zero attached hydrogens (tertiary/aromatic N) is 2. The van der Waals surface area contributed by atoms with E-state index in [1.54, 1.807) is 31.3 Å². The van der Waals surface area contributed by atoms with E-state index in [9.17, 15) is 8.78 Å². The van der Waals surface area contributed by atoms with E-state index in [-0.39, 0.29) is 5.56 Å². The quantitative estimate of drug-likeness (QED) is 0.548. The second kappa shape index (κ2) is 6.52. The van der Waals surface area contributed by atoms with Crippen LogP contribution in [0.1, 0.15) is 0 Å². The second-order valence-electron chi connectivity index (χ2n) is 5.85. The number of aromatic nitrogens is 2. The Labute approximate surface area is 149 Å². The van der Waals surface area contributed by atoms with Crippen LogP contribution in [-0.2, 0) is 0 Å². The van der Waals surface area contributed by atoms with Crippen molar-refractivity contribution in [2.45, 2.75) is 0 Å². The largest absolute Gasteiger partial charge is 0.373 e. The zero-order chi connectivity index (χ0) is 18.1. The lowest BCUT2D eigenvalue weighted by Crippen LogP contribution is -1.99. The van der Waals surface area contributed by atoms with Crippen molar-refractivity contribution < 1.29 is 8.78 Å². The van der Waals surface area contributed by atoms with Crippen LogP contribution in [0, 0.1) is 11.6 Å². The molecule has 0 saturated heterocycles. The van der Waals surface area contributed by atoms with Gasteiger partial charge in [0.15, 0.2) is 17.5 Å². The summed E-state index contributed by atoms with van der Waals surface area (Å²) in [6.07, 6.45) is 0. The van der Waals surface area contributed by atoms with Crippen LogP contribution < -0.4 is 5.32 Å². The number of anilines is 1. The number of nitrogens with one attached hydrogen (secondary N) is 1. The van der Waals surface area contributed by atoms with Crippen LogP contribution in [0.5, 0.6) is 0 Å². The Morgan fingerprint density at radius 1 is 0.808 bits per heavy atom. The molecule has 4 rings (SSSR count). The van der Waals surface area contributed by atoms with Crippen LogP contribution in [0.4, 0.5) is 14.6 Å². The van der Waals surface area contributed by atoms with Gasteiger partial charge in [0.1, 0.15) is 5.82 Å². The van der Waals surface area contributed by atoms with Gasteiger partial charge in [-0.15, -0.1) is 0 Å². The minimum absolute atomic E-state index is 0.209. The van der Waals surface area contributed by atoms with Gasteiger partial charge in [-0.05, 0) is 23.8 Å². The molecule has 1 N–H and O–H groups in total. The van der Waals surface area contributed by atoms with E-state index in [1.165, 1.54) is 6.07 Å². The maximum absolute atomic E-state index is 14.1. The summed E-state index contributed by atoms with van der Waals surface area (Å²) >= 11 is 0. The van der Waals surface area contributed by atoms with Crippen LogP contribution in [0.25, 0.3) is 33.4 Å². The molecule has 128 valence electrons. The van der Waals surface area contributed by atoms with Gasteiger partial charge in [0, 0.05) is 23.6 Å². The number of rotatable bonds is 3. The van der Waals surface area contributed by atoms with Crippen molar-refractivity contribution >= 4 is 16.7 Å². The summed E-state index contributed by atoms with van der Waals surface area (Å²) in [7, 11) is 1.77. The molecule has 26 heavy (non-hydrogen) atoms. The molecule has 3 nitrogen and oxygen atoms in total. The number of fused-ring (bicyclic) bond motifs is 1. The molecule has 0 fully saturated rings. The number of hydrogen-bond donors (Lipinski definition) is 1. The molecule has 0 spiro atoms. The molecule has 5 heteroatoms. The molecular formula is C21H15F2N3. The van der Waals surface area contributed by atoms with Gasteiger partial charge in [0.2, 0.25) is 0 Å². The van der Waals surface area contributed by atoms with E-state index in [4.69, 9.17) is 0 Å². The monoisotopic (exact) mass is 347 g/mol. The van der Waals surface area contributed by atoms with Crippen molar-refractivity contribution in [1.29, 1.82) is 0 Å². The lowest BCUT2D eigenvalue weighted by Gasteiger charge is -2.11. The maximum atomic E-state index is 14.1. The molecule has 0 aliphatic rings. The third-order valence-corrected chi connectivity index (χ3v) is 4.23. The van der Waals surface area contributed by atoms with Crippen molar-refractivity contribution in [2.24, 2.45) is 0 Å². The molecule has 0 atom stereocenters. The van der Waals surface area contributed by atoms with Crippen molar-refractivity contribution in [3.8, 4) is 22.5 Å². The minimum atomic E-state index is -0.868. The van der Waals surface area contributed by atoms with Gasteiger partial charge in [0.05, 0.1) is 5.52 Å². The first-order valence-electron chi connectivity index (χ1n) is 8.17. The number of hydrogen-bond acceptors (Lipinski definition) is 3. The van der Waals surface area contributed by atoms with Gasteiger partial charge < -0.3 is 5.32 Å². The van der Waals surface area contributed by atoms with Crippen molar-refractivity contribution in [1.82, 2.24) is 9.97 Å². The van der Waals surface area contributed by atoms with Crippen LogP contribution in [-0.4, -0.2) is 17.0 Å². The Balaban J connectivity index is 1.90. The van der Waals surface area contributed by atoms with E-state index in [1.807, 2.05) is 30.3 Å². The SMILES string of the molecule is CNc1nc(-c2ccccc2)nc2ccc(-c3cccc(F)c3F)cc12. The Bertz CT molecular complexity index is 1100. The molecule has 0 aliphatic carbocycles. The molecule has 3 aromatic carbocycles. The Kier molecular flexibility index (Phi) is 4.05. The molecule has 1 aromatic heterocycles. The molecule has 0 radical (unpaired) electrons. The van der Waals surface area contributed by atoms with E-state index in [0.29, 0.717) is 17.2 Å². The summed E-state index contributed by atoms with van der Waals surface area (Å²) in [5.74, 6) is -0.494. The fourth-order valence-electron chi connectivity index (χ4n) is 2.93. The van der Waals surface area contributed by atoms with E-state index < -0.39 is 11.6 Å². The highest BCUT2D eigenvalue weighted by Crippen LogP contribution is 2.31. The first kappa shape index (κ1) is 16.1. The Morgan fingerprint density at radius 3 is 2.38 bits per heavy atom. The van der Waals surface area contributed by atoms with Gasteiger partial charge in [-0.3, -0.25) is 0 Å². The maximum Gasteiger partial charge on any atom is 0.166 e. The zero-order valence-corrected chi connectivity index (χ0v) is 14.0. The number of halogens is 2. The highest BCUT2D eigenvalue weighted by Gasteiger charge is 2.13. The highest BCUT2D eigenvalue weighted by molar-refractivity contribution is 5.93. The minimum Gasteiger partial charge on any atom is -0.373 e. The van der Waals surface area contributed by atoms with Gasteiger partial charge in [-0.2, -0.15) is 0 Å². The fourth-order valence-corrected chi connectivity index (χ4v) is 2.93. The highest BCUT2D eigenvalue weighted by atomic mass is 19.2. The summed E-state index contributed by atoms with van der Waals surface area (Å²) in [6.45, 7) is 0. The molecule has 0 amide bonds. The van der Waals surface area contributed by atoms with E-state index >= 15 is 0 Å². The predicted molar refractivity (Wildman–Crippen MR) is 99.9 cm³/mol. The summed E-state index contributed by atoms with van der Waals surface area (Å²) in [5.41, 5.74) is 2.41. The van der Waals surface area contributed by atoms with E-state index in [2.05, 4.69) is 15.3 Å². The lowest BCUT2D eigenvalue weighted by atomic mass is 10.0. The molecule has 4 aromatic rings. The molecule has 0 unspecified atom stereocenters. The normalized spacial score (nSPS) is 10.9. The molecule has 0 saturated carbocycles. The van der Waals surface area contributed by atoms with Crippen LogP contribution in [0.15, 0.2) is 66.7 Å². The standard InChI is InChI=1S/C21H15F2N3/c1-24-21-16-12-14(15-8-5-9-17(22)19(15)23)10-11-18(16)25-20(26-21)13-6-3-2-4-7-13/h2-12H,1H3,(H,24,25,26). The van der Waals surface area contributed by atoms with E-state index in [0.717, 1.165) is 22.5 Å². The van der Waals surface area contributed by atoms with Crippen LogP contribution in [0.2, 0.25) is 0 Å². The summed E-state index contributed by atoms with van der Waals surface area (Å²) in [6, 6.07) is 19.1. The van der Waals surface area contributed by atoms with Gasteiger partial charge in [-0.1, -0.05) is 48.5 Å². The lowest BCUT2D eigenvalue weighted by molar-refractivity contribution is 0.511. The summed E-state index contributed by atoms with van der Waals surface area (Å²) < 4.78 is 27.7. The van der Waals surface area contributed by atoms with Gasteiger partial charge in [-0.25, -0.2) is 18.7 Å². The first-order chi connectivity index (χ1) is 12.7. The average Bonchev–Trinajstić information content (AvgIpc) is 2.69. The molecule has 0 aliphatic heterocycles. The van der Waals surface area contributed by atoms with Crippen LogP contribution >= 0.6 is 0 Å². The topological polar surface area (TPSA) is 37.8 Å². The molecule has 0 bridgehead atoms. The number of benzene rings is 3. The van der Waals surface area contributed by atoms with Gasteiger partial charge in [0.25, 0.3) is 0 Å². The molecular weight excluding hydrogens is 332 g/mol. The Hall–Kier alpha value is -3.34. The first-order valence-corrected chi connectivity index (χ1v) is 8.17. The van der Waals surface area contributed by atoms with Crippen molar-refractivity contribution in [3.63, 3.8) is 0 Å². The average molecular weight is 347 g/mol. The Morgan fingerprint density at radius 2 is 1.62 bits per heavy atom. The third kappa shape index (κ3) is 2.77. The predicted octanol–water partition coefficient (Wildman–Crippen LogP) is 5.28. The molecule has 1 heterocycles. The van der Waals surface area contributed by atoms with Crippen LogP contribution in [0.3, 0.4) is 0 Å². The second-order valence-corrected chi connectivity index (χ2v) is 5.85. The third-order valence-electron chi connectivity index (χ3n) is 4.23. The summed E-state index contributed by atoms with van der Waals surface area (Å²) in [5, 5.41) is 3.81. The van der Waals surface area contributed by atoms with Crippen molar-refractivity contribution in [2.75, 3.05) is 12.4 Å². The van der Waals surface area contributed by atoms with Gasteiger partial charge >= 0.3 is 0 Å². The zero-order valence-electron chi connectivity index (χ0n) is 14.0. The van der Waals surface area contributed by atoms with Crippen molar-refractivity contribution in [3.05, 3.63) is 78.4 Å². The summed E-state index contributed by atoms with van der Waals surface area (Å²) in [4.78, 5) is 9.18. The smallest absolute Gasteiger partial charge is 0.166 e. The fraction of sp³-hybridized carbons (Fsp3) is 0.0476.